The number of nitrogens with one attached hydrogen (secondary N) is 2. The van der Waals surface area contributed by atoms with Crippen LogP contribution in [-0.2, 0) is 17.9 Å². The lowest BCUT2D eigenvalue weighted by Crippen LogP contribution is -2.36. The van der Waals surface area contributed by atoms with Crippen LogP contribution in [-0.4, -0.2) is 36.3 Å². The Labute approximate surface area is 160 Å². The number of amides is 2. The van der Waals surface area contributed by atoms with Crippen LogP contribution >= 0.6 is 0 Å². The fourth-order valence-corrected chi connectivity index (χ4v) is 3.37. The lowest BCUT2D eigenvalue weighted by molar-refractivity contribution is -0.120. The Kier molecular flexibility index (Phi) is 6.60. The summed E-state index contributed by atoms with van der Waals surface area (Å²) in [5, 5.41) is 5.59. The van der Waals surface area contributed by atoms with Gasteiger partial charge in [0.25, 0.3) is 5.91 Å². The number of benzene rings is 2. The van der Waals surface area contributed by atoms with E-state index >= 15 is 0 Å². The first-order valence-electron chi connectivity index (χ1n) is 9.52. The zero-order chi connectivity index (χ0) is 19.1. The van der Waals surface area contributed by atoms with E-state index in [4.69, 9.17) is 0 Å². The van der Waals surface area contributed by atoms with Gasteiger partial charge in [0, 0.05) is 18.7 Å². The fourth-order valence-electron chi connectivity index (χ4n) is 3.37. The zero-order valence-electron chi connectivity index (χ0n) is 15.8. The van der Waals surface area contributed by atoms with Gasteiger partial charge in [-0.1, -0.05) is 42.0 Å². The van der Waals surface area contributed by atoms with Crippen molar-refractivity contribution < 1.29 is 9.59 Å². The van der Waals surface area contributed by atoms with Crippen LogP contribution in [0.25, 0.3) is 0 Å². The largest absolute Gasteiger partial charge is 0.350 e. The first-order chi connectivity index (χ1) is 13.1. The molecule has 0 saturated carbocycles. The number of hydrogen-bond acceptors (Lipinski definition) is 3. The van der Waals surface area contributed by atoms with Crippen molar-refractivity contribution in [2.24, 2.45) is 0 Å². The van der Waals surface area contributed by atoms with Crippen molar-refractivity contribution in [2.75, 3.05) is 19.6 Å². The van der Waals surface area contributed by atoms with E-state index in [0.29, 0.717) is 12.1 Å². The van der Waals surface area contributed by atoms with Gasteiger partial charge in [-0.05, 0) is 56.1 Å². The molecule has 2 amide bonds. The molecule has 1 heterocycles. The molecule has 2 aromatic carbocycles. The standard InChI is InChI=1S/C22H27N3O2/c1-17-7-6-10-18(13-17)22(27)24-15-21(26)23-14-19-8-2-3-9-20(19)16-25-11-4-5-12-25/h2-3,6-10,13H,4-5,11-12,14-16H2,1H3,(H,23,26)(H,24,27). The molecular formula is C22H27N3O2. The number of aryl methyl sites for hydroxylation is 1. The van der Waals surface area contributed by atoms with Crippen LogP contribution in [0.5, 0.6) is 0 Å². The van der Waals surface area contributed by atoms with Gasteiger partial charge in [-0.2, -0.15) is 0 Å². The number of nitrogens with zero attached hydrogens (tertiary/aromatic N) is 1. The monoisotopic (exact) mass is 365 g/mol. The van der Waals surface area contributed by atoms with E-state index < -0.39 is 0 Å². The smallest absolute Gasteiger partial charge is 0.251 e. The summed E-state index contributed by atoms with van der Waals surface area (Å²) in [5.74, 6) is -0.421. The molecule has 0 atom stereocenters. The number of carbonyl (C=O) groups excluding carboxylic acids is 2. The summed E-state index contributed by atoms with van der Waals surface area (Å²) in [6, 6.07) is 15.5. The molecule has 0 bridgehead atoms. The number of hydrogen-bond donors (Lipinski definition) is 2. The van der Waals surface area contributed by atoms with Crippen molar-refractivity contribution in [2.45, 2.75) is 32.9 Å². The maximum atomic E-state index is 12.1. The quantitative estimate of drug-likeness (QED) is 0.793. The van der Waals surface area contributed by atoms with Crippen LogP contribution in [0, 0.1) is 6.92 Å². The highest BCUT2D eigenvalue weighted by atomic mass is 16.2. The molecule has 142 valence electrons. The SMILES string of the molecule is Cc1cccc(C(=O)NCC(=O)NCc2ccccc2CN2CCCC2)c1. The molecule has 3 rings (SSSR count). The highest BCUT2D eigenvalue weighted by Gasteiger charge is 2.14. The minimum absolute atomic E-state index is 0.0267. The third-order valence-corrected chi connectivity index (χ3v) is 4.88. The summed E-state index contributed by atoms with van der Waals surface area (Å²) in [7, 11) is 0. The molecule has 2 aromatic rings. The highest BCUT2D eigenvalue weighted by Crippen LogP contribution is 2.16. The van der Waals surface area contributed by atoms with Crippen LogP contribution in [0.3, 0.4) is 0 Å². The lowest BCUT2D eigenvalue weighted by atomic mass is 10.1. The molecule has 5 heteroatoms. The summed E-state index contributed by atoms with van der Waals surface area (Å²) in [6.07, 6.45) is 2.53. The molecule has 0 spiro atoms. The van der Waals surface area contributed by atoms with Gasteiger partial charge in [0.1, 0.15) is 0 Å². The van der Waals surface area contributed by atoms with Crippen molar-refractivity contribution in [1.29, 1.82) is 0 Å². The fraction of sp³-hybridized carbons (Fsp3) is 0.364. The second kappa shape index (κ2) is 9.33. The topological polar surface area (TPSA) is 61.4 Å². The first-order valence-corrected chi connectivity index (χ1v) is 9.52. The molecule has 5 nitrogen and oxygen atoms in total. The Balaban J connectivity index is 1.48. The van der Waals surface area contributed by atoms with Crippen molar-refractivity contribution in [3.8, 4) is 0 Å². The minimum atomic E-state index is -0.233. The van der Waals surface area contributed by atoms with Gasteiger partial charge in [0.05, 0.1) is 6.54 Å². The van der Waals surface area contributed by atoms with Gasteiger partial charge in [-0.3, -0.25) is 14.5 Å². The molecule has 1 fully saturated rings. The lowest BCUT2D eigenvalue weighted by Gasteiger charge is -2.17. The van der Waals surface area contributed by atoms with Gasteiger partial charge in [-0.15, -0.1) is 0 Å². The number of likely N-dealkylation sites (tertiary alicyclic amines) is 1. The number of rotatable bonds is 7. The molecule has 1 aliphatic heterocycles. The van der Waals surface area contributed by atoms with Crippen LogP contribution in [0.15, 0.2) is 48.5 Å². The summed E-state index contributed by atoms with van der Waals surface area (Å²) in [4.78, 5) is 26.7. The second-order valence-electron chi connectivity index (χ2n) is 7.08. The minimum Gasteiger partial charge on any atom is -0.350 e. The summed E-state index contributed by atoms with van der Waals surface area (Å²) < 4.78 is 0. The van der Waals surface area contributed by atoms with Crippen molar-refractivity contribution in [3.05, 3.63) is 70.8 Å². The molecular weight excluding hydrogens is 338 g/mol. The van der Waals surface area contributed by atoms with E-state index in [0.717, 1.165) is 30.8 Å². The maximum absolute atomic E-state index is 12.1. The molecule has 1 aliphatic rings. The van der Waals surface area contributed by atoms with Gasteiger partial charge in [0.15, 0.2) is 0 Å². The van der Waals surface area contributed by atoms with Crippen LogP contribution in [0.2, 0.25) is 0 Å². The summed E-state index contributed by atoms with van der Waals surface area (Å²) in [5.41, 5.74) is 3.96. The van der Waals surface area contributed by atoms with E-state index in [1.54, 1.807) is 6.07 Å². The zero-order valence-corrected chi connectivity index (χ0v) is 15.8. The molecule has 2 N–H and O–H groups in total. The van der Waals surface area contributed by atoms with Gasteiger partial charge >= 0.3 is 0 Å². The van der Waals surface area contributed by atoms with Gasteiger partial charge in [-0.25, -0.2) is 0 Å². The van der Waals surface area contributed by atoms with Gasteiger partial charge in [0.2, 0.25) is 5.91 Å². The predicted octanol–water partition coefficient (Wildman–Crippen LogP) is 2.64. The molecule has 0 radical (unpaired) electrons. The molecule has 0 unspecified atom stereocenters. The Morgan fingerprint density at radius 3 is 2.44 bits per heavy atom. The summed E-state index contributed by atoms with van der Waals surface area (Å²) >= 11 is 0. The van der Waals surface area contributed by atoms with E-state index in [-0.39, 0.29) is 18.4 Å². The van der Waals surface area contributed by atoms with E-state index in [2.05, 4.69) is 27.7 Å². The predicted molar refractivity (Wildman–Crippen MR) is 106 cm³/mol. The Hall–Kier alpha value is -2.66. The maximum Gasteiger partial charge on any atom is 0.251 e. The van der Waals surface area contributed by atoms with Crippen molar-refractivity contribution in [1.82, 2.24) is 15.5 Å². The normalized spacial score (nSPS) is 14.1. The van der Waals surface area contributed by atoms with Crippen LogP contribution in [0.1, 0.15) is 39.9 Å². The third-order valence-electron chi connectivity index (χ3n) is 4.88. The second-order valence-corrected chi connectivity index (χ2v) is 7.08. The highest BCUT2D eigenvalue weighted by molar-refractivity contribution is 5.96. The van der Waals surface area contributed by atoms with Gasteiger partial charge < -0.3 is 10.6 Å². The molecule has 1 saturated heterocycles. The molecule has 0 aromatic heterocycles. The molecule has 27 heavy (non-hydrogen) atoms. The van der Waals surface area contributed by atoms with Crippen molar-refractivity contribution in [3.63, 3.8) is 0 Å². The van der Waals surface area contributed by atoms with E-state index in [9.17, 15) is 9.59 Å². The van der Waals surface area contributed by atoms with E-state index in [1.165, 1.54) is 18.4 Å². The Morgan fingerprint density at radius 1 is 0.963 bits per heavy atom. The average Bonchev–Trinajstić information content (AvgIpc) is 3.18. The van der Waals surface area contributed by atoms with Crippen molar-refractivity contribution >= 4 is 11.8 Å². The average molecular weight is 365 g/mol. The first kappa shape index (κ1) is 19.1. The third kappa shape index (κ3) is 5.66. The van der Waals surface area contributed by atoms with Crippen LogP contribution in [0.4, 0.5) is 0 Å². The summed E-state index contributed by atoms with van der Waals surface area (Å²) in [6.45, 7) is 5.60. The Bertz CT molecular complexity index is 798. The van der Waals surface area contributed by atoms with E-state index in [1.807, 2.05) is 37.3 Å². The van der Waals surface area contributed by atoms with Crippen LogP contribution < -0.4 is 10.6 Å². The molecule has 0 aliphatic carbocycles. The number of carbonyl (C=O) groups is 2. The Morgan fingerprint density at radius 2 is 1.70 bits per heavy atom.